The zero-order valence-electron chi connectivity index (χ0n) is 16.7. The van der Waals surface area contributed by atoms with Crippen LogP contribution in [0.4, 0.5) is 0 Å². The fourth-order valence-electron chi connectivity index (χ4n) is 2.84. The van der Waals surface area contributed by atoms with E-state index in [4.69, 9.17) is 9.47 Å². The predicted molar refractivity (Wildman–Crippen MR) is 111 cm³/mol. The molecule has 9 nitrogen and oxygen atoms in total. The lowest BCUT2D eigenvalue weighted by Crippen LogP contribution is -2.28. The number of hydrogen-bond donors (Lipinski definition) is 1. The number of methoxy groups -OCH3 is 1. The minimum absolute atomic E-state index is 0.104. The summed E-state index contributed by atoms with van der Waals surface area (Å²) in [5.74, 6) is -0.380. The average Bonchev–Trinajstić information content (AvgIpc) is 2.74. The largest absolute Gasteiger partial charge is 0.493 e. The summed E-state index contributed by atoms with van der Waals surface area (Å²) < 4.78 is 11.5. The van der Waals surface area contributed by atoms with Gasteiger partial charge in [0, 0.05) is 18.9 Å². The molecule has 0 fully saturated rings. The Hall–Kier alpha value is -4.01. The Morgan fingerprint density at radius 1 is 1.17 bits per heavy atom. The lowest BCUT2D eigenvalue weighted by molar-refractivity contribution is -0.132. The molecule has 30 heavy (non-hydrogen) atoms. The number of fused-ring (bicyclic) bond motifs is 1. The molecule has 0 radical (unpaired) electrons. The fourth-order valence-corrected chi connectivity index (χ4v) is 2.84. The van der Waals surface area contributed by atoms with Crippen molar-refractivity contribution in [1.82, 2.24) is 15.2 Å². The summed E-state index contributed by atoms with van der Waals surface area (Å²) in [7, 11) is 1.45. The normalized spacial score (nSPS) is 10.9. The molecule has 2 aromatic carbocycles. The number of aryl methyl sites for hydroxylation is 1. The number of ether oxygens (including phenoxy) is 2. The number of aromatic nitrogens is 2. The second kappa shape index (κ2) is 8.99. The summed E-state index contributed by atoms with van der Waals surface area (Å²) in [4.78, 5) is 36.2. The highest BCUT2D eigenvalue weighted by molar-refractivity contribution is 6.05. The summed E-state index contributed by atoms with van der Waals surface area (Å²) in [6, 6.07) is 11.6. The number of nitrogens with zero attached hydrogens (tertiary/aromatic N) is 3. The van der Waals surface area contributed by atoms with Crippen molar-refractivity contribution in [1.29, 1.82) is 0 Å². The molecule has 0 atom stereocenters. The highest BCUT2D eigenvalue weighted by Gasteiger charge is 2.15. The Balaban J connectivity index is 1.84. The van der Waals surface area contributed by atoms with Gasteiger partial charge in [0.05, 0.1) is 18.7 Å². The van der Waals surface area contributed by atoms with Crippen LogP contribution in [0, 0.1) is 0 Å². The molecular formula is C21H20N4O5. The van der Waals surface area contributed by atoms with Crippen LogP contribution in [0.3, 0.4) is 0 Å². The maximum Gasteiger partial charge on any atom is 0.308 e. The van der Waals surface area contributed by atoms with Crippen LogP contribution in [-0.2, 0) is 11.3 Å². The molecule has 0 spiro atoms. The minimum atomic E-state index is -0.548. The van der Waals surface area contributed by atoms with Crippen LogP contribution < -0.4 is 20.5 Å². The van der Waals surface area contributed by atoms with Gasteiger partial charge < -0.3 is 9.47 Å². The zero-order valence-corrected chi connectivity index (χ0v) is 16.7. The molecule has 0 saturated heterocycles. The Bertz CT molecular complexity index is 1200. The van der Waals surface area contributed by atoms with Crippen LogP contribution in [0.15, 0.2) is 52.4 Å². The second-order valence-electron chi connectivity index (χ2n) is 6.22. The third-order valence-electron chi connectivity index (χ3n) is 4.20. The van der Waals surface area contributed by atoms with E-state index in [9.17, 15) is 14.4 Å². The van der Waals surface area contributed by atoms with Crippen molar-refractivity contribution < 1.29 is 19.1 Å². The van der Waals surface area contributed by atoms with Gasteiger partial charge in [-0.2, -0.15) is 10.2 Å². The monoisotopic (exact) mass is 408 g/mol. The van der Waals surface area contributed by atoms with E-state index in [1.54, 1.807) is 49.4 Å². The molecule has 1 aromatic heterocycles. The van der Waals surface area contributed by atoms with Crippen LogP contribution in [0.2, 0.25) is 0 Å². The minimum Gasteiger partial charge on any atom is -0.493 e. The first kappa shape index (κ1) is 20.7. The zero-order chi connectivity index (χ0) is 21.7. The van der Waals surface area contributed by atoms with Crippen LogP contribution in [-0.4, -0.2) is 35.0 Å². The molecule has 0 unspecified atom stereocenters. The Labute approximate surface area is 171 Å². The van der Waals surface area contributed by atoms with Crippen LogP contribution >= 0.6 is 0 Å². The molecule has 154 valence electrons. The van der Waals surface area contributed by atoms with Gasteiger partial charge in [-0.1, -0.05) is 18.2 Å². The number of esters is 1. The Morgan fingerprint density at radius 3 is 2.57 bits per heavy atom. The van der Waals surface area contributed by atoms with E-state index in [0.29, 0.717) is 28.6 Å². The van der Waals surface area contributed by atoms with Crippen LogP contribution in [0.1, 0.15) is 29.9 Å². The molecule has 1 heterocycles. The van der Waals surface area contributed by atoms with Gasteiger partial charge in [0.15, 0.2) is 17.2 Å². The first-order valence-electron chi connectivity index (χ1n) is 9.14. The molecule has 0 saturated carbocycles. The van der Waals surface area contributed by atoms with Crippen LogP contribution in [0.5, 0.6) is 11.5 Å². The van der Waals surface area contributed by atoms with E-state index < -0.39 is 11.9 Å². The molecular weight excluding hydrogens is 388 g/mol. The van der Waals surface area contributed by atoms with Gasteiger partial charge in [0.2, 0.25) is 0 Å². The maximum absolute atomic E-state index is 12.6. The van der Waals surface area contributed by atoms with Gasteiger partial charge in [-0.25, -0.2) is 10.1 Å². The first-order valence-corrected chi connectivity index (χ1v) is 9.14. The summed E-state index contributed by atoms with van der Waals surface area (Å²) >= 11 is 0. The van der Waals surface area contributed by atoms with E-state index in [1.807, 2.05) is 0 Å². The lowest BCUT2D eigenvalue weighted by atomic mass is 10.1. The standard InChI is InChI=1S/C21H20N4O5/c1-4-25-21(28)16-8-6-5-7-15(16)19(24-25)20(27)23-22-12-14-9-10-17(30-13(2)26)18(11-14)29-3/h5-12H,4H2,1-3H3,(H,23,27)/b22-12-. The summed E-state index contributed by atoms with van der Waals surface area (Å²) in [5, 5.41) is 8.98. The lowest BCUT2D eigenvalue weighted by Gasteiger charge is -2.09. The van der Waals surface area contributed by atoms with E-state index >= 15 is 0 Å². The van der Waals surface area contributed by atoms with Crippen molar-refractivity contribution in [3.8, 4) is 11.5 Å². The molecule has 9 heteroatoms. The number of carbonyl (C=O) groups excluding carboxylic acids is 2. The van der Waals surface area contributed by atoms with Crippen molar-refractivity contribution in [2.75, 3.05) is 7.11 Å². The fraction of sp³-hybridized carbons (Fsp3) is 0.190. The SMILES string of the molecule is CCn1nc(C(=O)N/N=C\c2ccc(OC(C)=O)c(OC)c2)c2ccccc2c1=O. The number of carbonyl (C=O) groups is 2. The van der Waals surface area contributed by atoms with Gasteiger partial charge >= 0.3 is 5.97 Å². The van der Waals surface area contributed by atoms with Gasteiger partial charge in [-0.15, -0.1) is 0 Å². The second-order valence-corrected chi connectivity index (χ2v) is 6.22. The Kier molecular flexibility index (Phi) is 6.21. The van der Waals surface area contributed by atoms with Gasteiger partial charge in [0.1, 0.15) is 0 Å². The molecule has 3 aromatic rings. The summed E-state index contributed by atoms with van der Waals surface area (Å²) in [6.07, 6.45) is 1.41. The quantitative estimate of drug-likeness (QED) is 0.289. The van der Waals surface area contributed by atoms with Gasteiger partial charge in [-0.05, 0) is 36.8 Å². The van der Waals surface area contributed by atoms with Gasteiger partial charge in [-0.3, -0.25) is 14.4 Å². The highest BCUT2D eigenvalue weighted by Crippen LogP contribution is 2.27. The average molecular weight is 408 g/mol. The molecule has 0 aliphatic carbocycles. The van der Waals surface area contributed by atoms with Crippen molar-refractivity contribution in [3.05, 3.63) is 64.1 Å². The highest BCUT2D eigenvalue weighted by atomic mass is 16.6. The number of benzene rings is 2. The maximum atomic E-state index is 12.6. The van der Waals surface area contributed by atoms with Gasteiger partial charge in [0.25, 0.3) is 11.5 Å². The Morgan fingerprint density at radius 2 is 1.90 bits per heavy atom. The molecule has 0 aliphatic rings. The molecule has 1 amide bonds. The number of nitrogens with one attached hydrogen (secondary N) is 1. The smallest absolute Gasteiger partial charge is 0.308 e. The van der Waals surface area contributed by atoms with E-state index in [2.05, 4.69) is 15.6 Å². The topological polar surface area (TPSA) is 112 Å². The summed E-state index contributed by atoms with van der Waals surface area (Å²) in [6.45, 7) is 3.40. The third-order valence-corrected chi connectivity index (χ3v) is 4.20. The van der Waals surface area contributed by atoms with Crippen molar-refractivity contribution in [3.63, 3.8) is 0 Å². The number of amides is 1. The molecule has 3 rings (SSSR count). The third kappa shape index (κ3) is 4.35. The summed E-state index contributed by atoms with van der Waals surface area (Å²) in [5.41, 5.74) is 2.88. The number of hydrazone groups is 1. The predicted octanol–water partition coefficient (Wildman–Crippen LogP) is 2.11. The van der Waals surface area contributed by atoms with E-state index in [0.717, 1.165) is 0 Å². The van der Waals surface area contributed by atoms with Crippen LogP contribution in [0.25, 0.3) is 10.8 Å². The van der Waals surface area contributed by atoms with Crippen molar-refractivity contribution >= 4 is 28.9 Å². The molecule has 0 bridgehead atoms. The first-order chi connectivity index (χ1) is 14.4. The van der Waals surface area contributed by atoms with Crippen molar-refractivity contribution in [2.24, 2.45) is 5.10 Å². The van der Waals surface area contributed by atoms with E-state index in [-0.39, 0.29) is 17.0 Å². The number of rotatable bonds is 6. The van der Waals surface area contributed by atoms with Crippen molar-refractivity contribution in [2.45, 2.75) is 20.4 Å². The van der Waals surface area contributed by atoms with E-state index in [1.165, 1.54) is 24.9 Å². The number of hydrogen-bond acceptors (Lipinski definition) is 7. The molecule has 0 aliphatic heterocycles. The molecule has 1 N–H and O–H groups in total.